The number of pyridine rings is 1. The quantitative estimate of drug-likeness (QED) is 0.808. The van der Waals surface area contributed by atoms with Gasteiger partial charge in [-0.25, -0.2) is 4.98 Å². The standard InChI is InChI=1S/C10H12ClN3OS/c11-7-1-2-9(13-5-7)14-3-4-15-8(6-14)10(12)16/h1-2,5,8H,3-4,6H2,(H2,12,16). The third kappa shape index (κ3) is 2.61. The molecule has 1 aromatic rings. The van der Waals surface area contributed by atoms with E-state index in [9.17, 15) is 0 Å². The maximum atomic E-state index is 5.78. The first-order valence-electron chi connectivity index (χ1n) is 4.94. The molecule has 1 aliphatic rings. The Labute approximate surface area is 104 Å². The molecule has 0 spiro atoms. The summed E-state index contributed by atoms with van der Waals surface area (Å²) in [6, 6.07) is 3.69. The van der Waals surface area contributed by atoms with E-state index in [1.807, 2.05) is 12.1 Å². The van der Waals surface area contributed by atoms with Crippen molar-refractivity contribution in [2.45, 2.75) is 6.10 Å². The van der Waals surface area contributed by atoms with E-state index in [1.54, 1.807) is 6.20 Å². The van der Waals surface area contributed by atoms with Crippen molar-refractivity contribution in [2.75, 3.05) is 24.6 Å². The highest BCUT2D eigenvalue weighted by Crippen LogP contribution is 2.17. The molecule has 1 saturated heterocycles. The van der Waals surface area contributed by atoms with Gasteiger partial charge in [0.1, 0.15) is 16.9 Å². The monoisotopic (exact) mass is 257 g/mol. The fourth-order valence-electron chi connectivity index (χ4n) is 1.58. The van der Waals surface area contributed by atoms with E-state index in [0.29, 0.717) is 23.2 Å². The number of halogens is 1. The minimum atomic E-state index is -0.193. The lowest BCUT2D eigenvalue weighted by Gasteiger charge is -2.33. The lowest BCUT2D eigenvalue weighted by atomic mass is 10.2. The summed E-state index contributed by atoms with van der Waals surface area (Å²) in [5.74, 6) is 0.869. The summed E-state index contributed by atoms with van der Waals surface area (Å²) in [6.45, 7) is 2.03. The normalized spacial score (nSPS) is 20.8. The van der Waals surface area contributed by atoms with Crippen LogP contribution in [0, 0.1) is 0 Å². The molecule has 0 aromatic carbocycles. The first-order chi connectivity index (χ1) is 7.66. The summed E-state index contributed by atoms with van der Waals surface area (Å²) in [4.78, 5) is 6.72. The van der Waals surface area contributed by atoms with Gasteiger partial charge in [-0.2, -0.15) is 0 Å². The fourth-order valence-corrected chi connectivity index (χ4v) is 1.84. The minimum absolute atomic E-state index is 0.193. The van der Waals surface area contributed by atoms with Crippen LogP contribution in [-0.4, -0.2) is 35.8 Å². The van der Waals surface area contributed by atoms with Crippen LogP contribution >= 0.6 is 23.8 Å². The number of hydrogen-bond acceptors (Lipinski definition) is 4. The summed E-state index contributed by atoms with van der Waals surface area (Å²) in [5.41, 5.74) is 5.57. The molecule has 86 valence electrons. The van der Waals surface area contributed by atoms with Gasteiger partial charge in [0, 0.05) is 12.7 Å². The molecule has 1 fully saturated rings. The largest absolute Gasteiger partial charge is 0.391 e. The topological polar surface area (TPSA) is 51.4 Å². The fraction of sp³-hybridized carbons (Fsp3) is 0.400. The number of nitrogens with two attached hydrogens (primary N) is 1. The van der Waals surface area contributed by atoms with Gasteiger partial charge in [-0.15, -0.1) is 0 Å². The third-order valence-electron chi connectivity index (χ3n) is 2.42. The molecular formula is C10H12ClN3OS. The smallest absolute Gasteiger partial charge is 0.128 e. The zero-order valence-corrected chi connectivity index (χ0v) is 10.2. The van der Waals surface area contributed by atoms with Crippen molar-refractivity contribution in [1.29, 1.82) is 0 Å². The van der Waals surface area contributed by atoms with E-state index in [1.165, 1.54) is 0 Å². The molecule has 6 heteroatoms. The van der Waals surface area contributed by atoms with Crippen LogP contribution in [0.4, 0.5) is 5.82 Å². The number of thiocarbonyl (C=S) groups is 1. The lowest BCUT2D eigenvalue weighted by Crippen LogP contribution is -2.48. The van der Waals surface area contributed by atoms with Crippen molar-refractivity contribution in [3.8, 4) is 0 Å². The SMILES string of the molecule is NC(=S)C1CN(c2ccc(Cl)cn2)CCO1. The number of nitrogens with zero attached hydrogens (tertiary/aromatic N) is 2. The molecule has 1 unspecified atom stereocenters. The number of aromatic nitrogens is 1. The maximum Gasteiger partial charge on any atom is 0.128 e. The highest BCUT2D eigenvalue weighted by Gasteiger charge is 2.23. The molecule has 0 aliphatic carbocycles. The molecule has 0 radical (unpaired) electrons. The summed E-state index contributed by atoms with van der Waals surface area (Å²) in [5, 5.41) is 0.628. The molecule has 1 aromatic heterocycles. The van der Waals surface area contributed by atoms with Gasteiger partial charge in [0.05, 0.1) is 18.2 Å². The van der Waals surface area contributed by atoms with E-state index in [2.05, 4.69) is 9.88 Å². The second-order valence-electron chi connectivity index (χ2n) is 3.54. The Morgan fingerprint density at radius 3 is 3.06 bits per heavy atom. The van der Waals surface area contributed by atoms with Gasteiger partial charge in [0.15, 0.2) is 0 Å². The predicted molar refractivity (Wildman–Crippen MR) is 68.0 cm³/mol. The molecule has 2 rings (SSSR count). The molecule has 0 bridgehead atoms. The van der Waals surface area contributed by atoms with Crippen molar-refractivity contribution in [3.05, 3.63) is 23.4 Å². The molecule has 4 nitrogen and oxygen atoms in total. The molecule has 1 aliphatic heterocycles. The lowest BCUT2D eigenvalue weighted by molar-refractivity contribution is 0.0844. The number of rotatable bonds is 2. The first-order valence-corrected chi connectivity index (χ1v) is 5.73. The third-order valence-corrected chi connectivity index (χ3v) is 2.91. The van der Waals surface area contributed by atoms with Crippen molar-refractivity contribution >= 4 is 34.6 Å². The molecule has 0 saturated carbocycles. The Bertz CT molecular complexity index is 384. The Kier molecular flexibility index (Phi) is 3.58. The second-order valence-corrected chi connectivity index (χ2v) is 4.45. The van der Waals surface area contributed by atoms with E-state index in [0.717, 1.165) is 12.4 Å². The Morgan fingerprint density at radius 1 is 1.62 bits per heavy atom. The van der Waals surface area contributed by atoms with Crippen LogP contribution in [0.1, 0.15) is 0 Å². The molecule has 2 N–H and O–H groups in total. The summed E-state index contributed by atoms with van der Waals surface area (Å²) in [6.07, 6.45) is 1.43. The second kappa shape index (κ2) is 4.95. The van der Waals surface area contributed by atoms with Crippen LogP contribution in [0.3, 0.4) is 0 Å². The van der Waals surface area contributed by atoms with E-state index in [-0.39, 0.29) is 6.10 Å². The zero-order chi connectivity index (χ0) is 11.5. The minimum Gasteiger partial charge on any atom is -0.391 e. The van der Waals surface area contributed by atoms with Gasteiger partial charge in [0.25, 0.3) is 0 Å². The number of morpholine rings is 1. The highest BCUT2D eigenvalue weighted by atomic mass is 35.5. The molecule has 0 amide bonds. The summed E-state index contributed by atoms with van der Waals surface area (Å²) in [7, 11) is 0. The van der Waals surface area contributed by atoms with Crippen LogP contribution in [0.15, 0.2) is 18.3 Å². The van der Waals surface area contributed by atoms with Crippen molar-refractivity contribution in [2.24, 2.45) is 5.73 Å². The summed E-state index contributed by atoms with van der Waals surface area (Å²) < 4.78 is 5.45. The van der Waals surface area contributed by atoms with E-state index >= 15 is 0 Å². The van der Waals surface area contributed by atoms with Gasteiger partial charge >= 0.3 is 0 Å². The maximum absolute atomic E-state index is 5.78. The van der Waals surface area contributed by atoms with Crippen LogP contribution in [0.2, 0.25) is 5.02 Å². The number of hydrogen-bond donors (Lipinski definition) is 1. The van der Waals surface area contributed by atoms with Crippen molar-refractivity contribution in [1.82, 2.24) is 4.98 Å². The van der Waals surface area contributed by atoms with Crippen LogP contribution < -0.4 is 10.6 Å². The van der Waals surface area contributed by atoms with Crippen molar-refractivity contribution in [3.63, 3.8) is 0 Å². The zero-order valence-electron chi connectivity index (χ0n) is 8.60. The first kappa shape index (κ1) is 11.6. The van der Waals surface area contributed by atoms with Gasteiger partial charge in [-0.3, -0.25) is 0 Å². The average Bonchev–Trinajstić information content (AvgIpc) is 2.30. The van der Waals surface area contributed by atoms with E-state index < -0.39 is 0 Å². The molecule has 1 atom stereocenters. The van der Waals surface area contributed by atoms with E-state index in [4.69, 9.17) is 34.3 Å². The van der Waals surface area contributed by atoms with Crippen molar-refractivity contribution < 1.29 is 4.74 Å². The van der Waals surface area contributed by atoms with Crippen LogP contribution in [-0.2, 0) is 4.74 Å². The van der Waals surface area contributed by atoms with Crippen LogP contribution in [0.25, 0.3) is 0 Å². The average molecular weight is 258 g/mol. The molecule has 16 heavy (non-hydrogen) atoms. The molecular weight excluding hydrogens is 246 g/mol. The van der Waals surface area contributed by atoms with Gasteiger partial charge in [0.2, 0.25) is 0 Å². The Morgan fingerprint density at radius 2 is 2.44 bits per heavy atom. The Balaban J connectivity index is 2.09. The van der Waals surface area contributed by atoms with Gasteiger partial charge in [-0.05, 0) is 12.1 Å². The molecule has 2 heterocycles. The number of anilines is 1. The predicted octanol–water partition coefficient (Wildman–Crippen LogP) is 1.23. The van der Waals surface area contributed by atoms with Gasteiger partial charge < -0.3 is 15.4 Å². The Hall–Kier alpha value is -0.910. The van der Waals surface area contributed by atoms with Crippen LogP contribution in [0.5, 0.6) is 0 Å². The highest BCUT2D eigenvalue weighted by molar-refractivity contribution is 7.80. The summed E-state index contributed by atoms with van der Waals surface area (Å²) >= 11 is 10.7. The van der Waals surface area contributed by atoms with Gasteiger partial charge in [-0.1, -0.05) is 23.8 Å². The number of ether oxygens (including phenoxy) is 1.